The first-order chi connectivity index (χ1) is 12.4. The Labute approximate surface area is 156 Å². The first kappa shape index (κ1) is 18.2. The fraction of sp³-hybridized carbons (Fsp3) is 0.250. The number of carbonyl (C=O) groups excluding carboxylic acids is 1. The lowest BCUT2D eigenvalue weighted by Gasteiger charge is -2.11. The maximum atomic E-state index is 12.2. The second-order valence-electron chi connectivity index (χ2n) is 6.20. The van der Waals surface area contributed by atoms with Gasteiger partial charge in [0.2, 0.25) is 0 Å². The molecular weight excluding hydrogens is 348 g/mol. The van der Waals surface area contributed by atoms with Crippen molar-refractivity contribution in [3.63, 3.8) is 0 Å². The number of rotatable bonds is 5. The molecule has 0 bridgehead atoms. The standard InChI is InChI=1S/C20H20N2O3S/c1-13-4-7-17(8-5-13)26-15(3)20(24)25-12-16-10-19(23)22-11-14(2)6-9-18(22)21-16/h4-11,15H,12H2,1-3H3/t15-/m1/s1. The minimum atomic E-state index is -0.345. The number of thioether (sulfide) groups is 1. The monoisotopic (exact) mass is 368 g/mol. The molecule has 0 N–H and O–H groups in total. The summed E-state index contributed by atoms with van der Waals surface area (Å²) in [5.74, 6) is -0.332. The van der Waals surface area contributed by atoms with Gasteiger partial charge in [0, 0.05) is 17.2 Å². The van der Waals surface area contributed by atoms with Gasteiger partial charge < -0.3 is 4.74 Å². The number of fused-ring (bicyclic) bond motifs is 1. The number of benzene rings is 1. The van der Waals surface area contributed by atoms with Crippen LogP contribution in [0.1, 0.15) is 23.7 Å². The lowest BCUT2D eigenvalue weighted by Crippen LogP contribution is -2.19. The molecule has 0 amide bonds. The highest BCUT2D eigenvalue weighted by Crippen LogP contribution is 2.24. The molecule has 3 aromatic rings. The van der Waals surface area contributed by atoms with Crippen LogP contribution in [0, 0.1) is 13.8 Å². The summed E-state index contributed by atoms with van der Waals surface area (Å²) in [6.45, 7) is 5.72. The Morgan fingerprint density at radius 3 is 2.58 bits per heavy atom. The number of nitrogens with zero attached hydrogens (tertiary/aromatic N) is 2. The van der Waals surface area contributed by atoms with Gasteiger partial charge in [0.1, 0.15) is 17.5 Å². The van der Waals surface area contributed by atoms with E-state index in [2.05, 4.69) is 4.98 Å². The summed E-state index contributed by atoms with van der Waals surface area (Å²) in [6.07, 6.45) is 1.74. The molecule has 0 saturated carbocycles. The van der Waals surface area contributed by atoms with Gasteiger partial charge in [-0.05, 0) is 44.5 Å². The van der Waals surface area contributed by atoms with Crippen LogP contribution in [0.15, 0.2) is 58.4 Å². The van der Waals surface area contributed by atoms with Gasteiger partial charge >= 0.3 is 5.97 Å². The Kier molecular flexibility index (Phi) is 5.42. The molecule has 0 fully saturated rings. The maximum absolute atomic E-state index is 12.2. The number of pyridine rings is 1. The molecule has 1 atom stereocenters. The van der Waals surface area contributed by atoms with Crippen molar-refractivity contribution in [2.24, 2.45) is 0 Å². The van der Waals surface area contributed by atoms with Crippen LogP contribution in [-0.2, 0) is 16.1 Å². The van der Waals surface area contributed by atoms with Crippen molar-refractivity contribution in [3.8, 4) is 0 Å². The predicted molar refractivity (Wildman–Crippen MR) is 102 cm³/mol. The van der Waals surface area contributed by atoms with Crippen LogP contribution in [0.3, 0.4) is 0 Å². The van der Waals surface area contributed by atoms with Gasteiger partial charge in [0.25, 0.3) is 5.56 Å². The molecule has 2 aromatic heterocycles. The molecule has 6 heteroatoms. The third-order valence-corrected chi connectivity index (χ3v) is 4.98. The summed E-state index contributed by atoms with van der Waals surface area (Å²) in [5.41, 5.74) is 2.94. The normalized spacial score (nSPS) is 12.1. The number of carbonyl (C=O) groups is 1. The van der Waals surface area contributed by atoms with Gasteiger partial charge in [0.05, 0.1) is 5.69 Å². The van der Waals surface area contributed by atoms with Crippen molar-refractivity contribution in [3.05, 3.63) is 75.8 Å². The van der Waals surface area contributed by atoms with Crippen LogP contribution in [0.2, 0.25) is 0 Å². The van der Waals surface area contributed by atoms with E-state index in [0.29, 0.717) is 11.3 Å². The van der Waals surface area contributed by atoms with E-state index in [1.807, 2.05) is 44.2 Å². The summed E-state index contributed by atoms with van der Waals surface area (Å²) in [6, 6.07) is 13.0. The SMILES string of the molecule is Cc1ccc(S[C@H](C)C(=O)OCc2cc(=O)n3cc(C)ccc3n2)cc1. The molecule has 0 aliphatic carbocycles. The topological polar surface area (TPSA) is 60.7 Å². The van der Waals surface area contributed by atoms with E-state index in [0.717, 1.165) is 10.5 Å². The summed E-state index contributed by atoms with van der Waals surface area (Å²) in [5, 5.41) is -0.345. The van der Waals surface area contributed by atoms with Crippen LogP contribution in [0.4, 0.5) is 0 Å². The molecule has 1 aromatic carbocycles. The zero-order valence-corrected chi connectivity index (χ0v) is 15.7. The fourth-order valence-electron chi connectivity index (χ4n) is 2.46. The second kappa shape index (κ2) is 7.74. The highest BCUT2D eigenvalue weighted by Gasteiger charge is 2.16. The minimum absolute atomic E-state index is 0.0166. The molecule has 0 aliphatic heterocycles. The summed E-state index contributed by atoms with van der Waals surface area (Å²) >= 11 is 1.44. The Balaban J connectivity index is 1.65. The Morgan fingerprint density at radius 2 is 1.85 bits per heavy atom. The third-order valence-electron chi connectivity index (χ3n) is 3.89. The van der Waals surface area contributed by atoms with E-state index in [1.54, 1.807) is 19.2 Å². The summed E-state index contributed by atoms with van der Waals surface area (Å²) in [4.78, 5) is 29.8. The van der Waals surface area contributed by atoms with E-state index < -0.39 is 0 Å². The van der Waals surface area contributed by atoms with Gasteiger partial charge in [-0.1, -0.05) is 23.8 Å². The van der Waals surface area contributed by atoms with Crippen molar-refractivity contribution in [1.29, 1.82) is 0 Å². The lowest BCUT2D eigenvalue weighted by molar-refractivity contribution is -0.144. The summed E-state index contributed by atoms with van der Waals surface area (Å²) < 4.78 is 6.83. The van der Waals surface area contributed by atoms with Crippen molar-refractivity contribution in [2.45, 2.75) is 37.5 Å². The molecule has 3 rings (SSSR count). The van der Waals surface area contributed by atoms with Gasteiger partial charge in [-0.2, -0.15) is 0 Å². The average Bonchev–Trinajstić information content (AvgIpc) is 2.62. The smallest absolute Gasteiger partial charge is 0.319 e. The summed E-state index contributed by atoms with van der Waals surface area (Å²) in [7, 11) is 0. The number of aryl methyl sites for hydroxylation is 2. The van der Waals surface area contributed by atoms with Crippen molar-refractivity contribution >= 4 is 23.4 Å². The molecule has 2 heterocycles. The second-order valence-corrected chi connectivity index (χ2v) is 7.62. The van der Waals surface area contributed by atoms with E-state index in [4.69, 9.17) is 4.74 Å². The first-order valence-corrected chi connectivity index (χ1v) is 9.19. The molecule has 0 radical (unpaired) electrons. The van der Waals surface area contributed by atoms with Crippen molar-refractivity contribution in [1.82, 2.24) is 9.38 Å². The van der Waals surface area contributed by atoms with Gasteiger partial charge in [-0.3, -0.25) is 14.0 Å². The van der Waals surface area contributed by atoms with E-state index in [9.17, 15) is 9.59 Å². The number of ether oxygens (including phenoxy) is 1. The lowest BCUT2D eigenvalue weighted by atomic mass is 10.2. The van der Waals surface area contributed by atoms with Crippen LogP contribution < -0.4 is 5.56 Å². The highest BCUT2D eigenvalue weighted by atomic mass is 32.2. The van der Waals surface area contributed by atoms with Crippen LogP contribution in [0.5, 0.6) is 0 Å². The fourth-order valence-corrected chi connectivity index (χ4v) is 3.33. The van der Waals surface area contributed by atoms with E-state index in [1.165, 1.54) is 27.8 Å². The Bertz CT molecular complexity index is 996. The van der Waals surface area contributed by atoms with Crippen molar-refractivity contribution < 1.29 is 9.53 Å². The van der Waals surface area contributed by atoms with Gasteiger partial charge in [-0.15, -0.1) is 11.8 Å². The van der Waals surface area contributed by atoms with Crippen LogP contribution >= 0.6 is 11.8 Å². The molecule has 0 aliphatic rings. The van der Waals surface area contributed by atoms with Crippen molar-refractivity contribution in [2.75, 3.05) is 0 Å². The Hall–Kier alpha value is -2.60. The zero-order valence-electron chi connectivity index (χ0n) is 14.9. The molecular formula is C20H20N2O3S. The van der Waals surface area contributed by atoms with Crippen LogP contribution in [0.25, 0.3) is 5.65 Å². The van der Waals surface area contributed by atoms with E-state index in [-0.39, 0.29) is 23.4 Å². The first-order valence-electron chi connectivity index (χ1n) is 8.31. The minimum Gasteiger partial charge on any atom is -0.458 e. The predicted octanol–water partition coefficient (Wildman–Crippen LogP) is 3.54. The van der Waals surface area contributed by atoms with Crippen LogP contribution in [-0.4, -0.2) is 20.6 Å². The molecule has 0 unspecified atom stereocenters. The molecule has 0 saturated heterocycles. The highest BCUT2D eigenvalue weighted by molar-refractivity contribution is 8.00. The Morgan fingerprint density at radius 1 is 1.15 bits per heavy atom. The molecule has 134 valence electrons. The zero-order chi connectivity index (χ0) is 18.7. The largest absolute Gasteiger partial charge is 0.458 e. The van der Waals surface area contributed by atoms with Gasteiger partial charge in [-0.25, -0.2) is 4.98 Å². The number of hydrogen-bond acceptors (Lipinski definition) is 5. The molecule has 26 heavy (non-hydrogen) atoms. The quantitative estimate of drug-likeness (QED) is 0.509. The third kappa shape index (κ3) is 4.32. The maximum Gasteiger partial charge on any atom is 0.319 e. The van der Waals surface area contributed by atoms with Gasteiger partial charge in [0.15, 0.2) is 0 Å². The molecule has 5 nitrogen and oxygen atoms in total. The number of esters is 1. The number of hydrogen-bond donors (Lipinski definition) is 0. The number of aromatic nitrogens is 2. The average molecular weight is 368 g/mol. The molecule has 0 spiro atoms. The van der Waals surface area contributed by atoms with E-state index >= 15 is 0 Å².